The van der Waals surface area contributed by atoms with Gasteiger partial charge in [-0.2, -0.15) is 0 Å². The number of esters is 1. The van der Waals surface area contributed by atoms with Crippen molar-refractivity contribution in [2.45, 2.75) is 51.6 Å². The van der Waals surface area contributed by atoms with Gasteiger partial charge in [0, 0.05) is 0 Å². The Hall–Kier alpha value is -2.08. The largest absolute Gasteiger partial charge is 0.508 e. The van der Waals surface area contributed by atoms with E-state index in [9.17, 15) is 14.7 Å². The summed E-state index contributed by atoms with van der Waals surface area (Å²) in [6, 6.07) is 6.15. The van der Waals surface area contributed by atoms with Gasteiger partial charge < -0.3 is 20.5 Å². The third kappa shape index (κ3) is 4.18. The first-order valence-corrected chi connectivity index (χ1v) is 9.10. The van der Waals surface area contributed by atoms with E-state index in [1.165, 1.54) is 7.11 Å². The van der Waals surface area contributed by atoms with Crippen molar-refractivity contribution >= 4 is 11.9 Å². The number of carbonyl (C=O) groups is 2. The van der Waals surface area contributed by atoms with Gasteiger partial charge in [0.05, 0.1) is 13.2 Å². The number of ether oxygens (including phenoxy) is 1. The molecule has 2 rings (SSSR count). The molecule has 0 radical (unpaired) electrons. The molecule has 26 heavy (non-hydrogen) atoms. The molecule has 144 valence electrons. The summed E-state index contributed by atoms with van der Waals surface area (Å²) in [6.07, 6.45) is 0.579. The van der Waals surface area contributed by atoms with Crippen molar-refractivity contribution in [2.75, 3.05) is 13.7 Å². The van der Waals surface area contributed by atoms with Gasteiger partial charge in [0.1, 0.15) is 11.8 Å². The molecule has 1 aliphatic heterocycles. The van der Waals surface area contributed by atoms with Crippen molar-refractivity contribution in [3.63, 3.8) is 0 Å². The number of rotatable bonds is 5. The number of benzene rings is 1. The second kappa shape index (κ2) is 8.08. The van der Waals surface area contributed by atoms with Crippen molar-refractivity contribution in [1.29, 1.82) is 0 Å². The van der Waals surface area contributed by atoms with Gasteiger partial charge in [-0.3, -0.25) is 4.79 Å². The Labute approximate surface area is 155 Å². The van der Waals surface area contributed by atoms with Crippen LogP contribution in [0.3, 0.4) is 0 Å². The monoisotopic (exact) mass is 362 g/mol. The third-order valence-corrected chi connectivity index (χ3v) is 5.63. The molecule has 1 aliphatic rings. The molecule has 0 bridgehead atoms. The summed E-state index contributed by atoms with van der Waals surface area (Å²) >= 11 is 0. The maximum Gasteiger partial charge on any atom is 0.328 e. The topological polar surface area (TPSA) is 87.7 Å². The van der Waals surface area contributed by atoms with Crippen molar-refractivity contribution in [2.24, 2.45) is 11.8 Å². The number of amides is 1. The minimum absolute atomic E-state index is 0.0635. The van der Waals surface area contributed by atoms with Crippen LogP contribution in [-0.2, 0) is 19.7 Å². The zero-order valence-corrected chi connectivity index (χ0v) is 16.2. The summed E-state index contributed by atoms with van der Waals surface area (Å²) in [5.74, 6) is -0.192. The molecule has 3 N–H and O–H groups in total. The summed E-state index contributed by atoms with van der Waals surface area (Å²) in [6.45, 7) is 8.67. The van der Waals surface area contributed by atoms with E-state index in [-0.39, 0.29) is 28.9 Å². The van der Waals surface area contributed by atoms with Crippen LogP contribution < -0.4 is 10.6 Å². The number of aromatic hydroxyl groups is 1. The average Bonchev–Trinajstić information content (AvgIpc) is 2.60. The van der Waals surface area contributed by atoms with Gasteiger partial charge in [-0.1, -0.05) is 39.8 Å². The van der Waals surface area contributed by atoms with Crippen molar-refractivity contribution in [1.82, 2.24) is 10.6 Å². The Kier molecular flexibility index (Phi) is 6.29. The summed E-state index contributed by atoms with van der Waals surface area (Å²) in [5, 5.41) is 16.0. The number of piperidine rings is 1. The standard InChI is InChI=1S/C20H30N2O4/c1-12(2)17(19(25)26-5)22-18(24)16-10-20(4,13(3)11-21-16)14-7-6-8-15(23)9-14/h6-9,12-13,16-17,21,23H,10-11H2,1-5H3,(H,22,24)/t13-,16+,17?,20+/m0/s1. The van der Waals surface area contributed by atoms with Gasteiger partial charge in [-0.25, -0.2) is 4.79 Å². The maximum absolute atomic E-state index is 12.8. The zero-order chi connectivity index (χ0) is 19.5. The highest BCUT2D eigenvalue weighted by Gasteiger charge is 2.42. The van der Waals surface area contributed by atoms with Crippen molar-refractivity contribution < 1.29 is 19.4 Å². The number of phenolic OH excluding ortho intramolecular Hbond substituents is 1. The molecular formula is C20H30N2O4. The fourth-order valence-corrected chi connectivity index (χ4v) is 3.57. The van der Waals surface area contributed by atoms with Crippen LogP contribution in [0.2, 0.25) is 0 Å². The van der Waals surface area contributed by atoms with Crippen LogP contribution in [0.4, 0.5) is 0 Å². The van der Waals surface area contributed by atoms with E-state index in [1.54, 1.807) is 12.1 Å². The van der Waals surface area contributed by atoms with Crippen LogP contribution in [0.5, 0.6) is 5.75 Å². The van der Waals surface area contributed by atoms with E-state index < -0.39 is 18.1 Å². The number of methoxy groups -OCH3 is 1. The number of hydrogen-bond donors (Lipinski definition) is 3. The Bertz CT molecular complexity index is 661. The molecule has 0 spiro atoms. The maximum atomic E-state index is 12.8. The van der Waals surface area contributed by atoms with Gasteiger partial charge in [-0.05, 0) is 47.9 Å². The van der Waals surface area contributed by atoms with Gasteiger partial charge in [0.25, 0.3) is 0 Å². The van der Waals surface area contributed by atoms with Gasteiger partial charge in [0.15, 0.2) is 0 Å². The first-order valence-electron chi connectivity index (χ1n) is 9.10. The van der Waals surface area contributed by atoms with Crippen molar-refractivity contribution in [3.8, 4) is 5.75 Å². The normalized spacial score (nSPS) is 27.0. The molecule has 0 saturated carbocycles. The number of hydrogen-bond acceptors (Lipinski definition) is 5. The average molecular weight is 362 g/mol. The highest BCUT2D eigenvalue weighted by Crippen LogP contribution is 2.40. The molecular weight excluding hydrogens is 332 g/mol. The van der Waals surface area contributed by atoms with Gasteiger partial charge in [-0.15, -0.1) is 0 Å². The Balaban J connectivity index is 2.18. The summed E-state index contributed by atoms with van der Waals surface area (Å²) in [5.41, 5.74) is 0.752. The smallest absolute Gasteiger partial charge is 0.328 e. The first-order chi connectivity index (χ1) is 12.2. The third-order valence-electron chi connectivity index (χ3n) is 5.63. The molecule has 0 aliphatic carbocycles. The summed E-state index contributed by atoms with van der Waals surface area (Å²) in [7, 11) is 1.32. The highest BCUT2D eigenvalue weighted by molar-refractivity contribution is 5.87. The second-order valence-corrected chi connectivity index (χ2v) is 7.79. The lowest BCUT2D eigenvalue weighted by Crippen LogP contribution is -2.58. The van der Waals surface area contributed by atoms with Crippen LogP contribution >= 0.6 is 0 Å². The molecule has 6 nitrogen and oxygen atoms in total. The molecule has 0 aromatic heterocycles. The highest BCUT2D eigenvalue weighted by atomic mass is 16.5. The van der Waals surface area contributed by atoms with E-state index in [1.807, 2.05) is 26.0 Å². The van der Waals surface area contributed by atoms with Gasteiger partial charge >= 0.3 is 5.97 Å². The van der Waals surface area contributed by atoms with Crippen LogP contribution in [0, 0.1) is 11.8 Å². The molecule has 1 fully saturated rings. The lowest BCUT2D eigenvalue weighted by atomic mass is 9.66. The number of carbonyl (C=O) groups excluding carboxylic acids is 2. The Morgan fingerprint density at radius 3 is 2.65 bits per heavy atom. The Morgan fingerprint density at radius 2 is 2.08 bits per heavy atom. The summed E-state index contributed by atoms with van der Waals surface area (Å²) < 4.78 is 4.80. The molecule has 1 aromatic rings. The lowest BCUT2D eigenvalue weighted by Gasteiger charge is -2.44. The van der Waals surface area contributed by atoms with Crippen molar-refractivity contribution in [3.05, 3.63) is 29.8 Å². The molecule has 4 atom stereocenters. The fraction of sp³-hybridized carbons (Fsp3) is 0.600. The van der Waals surface area contributed by atoms with E-state index in [0.717, 1.165) is 5.56 Å². The zero-order valence-electron chi connectivity index (χ0n) is 16.2. The number of phenols is 1. The van der Waals surface area contributed by atoms with E-state index >= 15 is 0 Å². The minimum Gasteiger partial charge on any atom is -0.508 e. The lowest BCUT2D eigenvalue weighted by molar-refractivity contribution is -0.146. The van der Waals surface area contributed by atoms with Crippen LogP contribution in [0.15, 0.2) is 24.3 Å². The minimum atomic E-state index is -0.666. The SMILES string of the molecule is COC(=O)C(NC(=O)[C@H]1C[C@@](C)(c2cccc(O)c2)[C@@H](C)CN1)C(C)C. The molecule has 6 heteroatoms. The predicted molar refractivity (Wildman–Crippen MR) is 99.8 cm³/mol. The van der Waals surface area contributed by atoms with Gasteiger partial charge in [0.2, 0.25) is 5.91 Å². The van der Waals surface area contributed by atoms with E-state index in [4.69, 9.17) is 4.74 Å². The molecule has 1 saturated heterocycles. The number of nitrogens with one attached hydrogen (secondary N) is 2. The van der Waals surface area contributed by atoms with E-state index in [2.05, 4.69) is 24.5 Å². The molecule has 1 unspecified atom stereocenters. The molecule has 1 aromatic carbocycles. The first kappa shape index (κ1) is 20.2. The second-order valence-electron chi connectivity index (χ2n) is 7.79. The summed E-state index contributed by atoms with van der Waals surface area (Å²) in [4.78, 5) is 24.7. The molecule has 1 heterocycles. The van der Waals surface area contributed by atoms with E-state index in [0.29, 0.717) is 13.0 Å². The fourth-order valence-electron chi connectivity index (χ4n) is 3.57. The van der Waals surface area contributed by atoms with Crippen LogP contribution in [-0.4, -0.2) is 42.7 Å². The van der Waals surface area contributed by atoms with Crippen LogP contribution in [0.25, 0.3) is 0 Å². The van der Waals surface area contributed by atoms with Crippen LogP contribution in [0.1, 0.15) is 39.7 Å². The predicted octanol–water partition coefficient (Wildman–Crippen LogP) is 1.96. The quantitative estimate of drug-likeness (QED) is 0.697. The Morgan fingerprint density at radius 1 is 1.38 bits per heavy atom. The molecule has 1 amide bonds.